The van der Waals surface area contributed by atoms with Crippen LogP contribution in [0.5, 0.6) is 0 Å². The van der Waals surface area contributed by atoms with Gasteiger partial charge in [-0.15, -0.1) is 0 Å². The van der Waals surface area contributed by atoms with Crippen LogP contribution in [0.15, 0.2) is 29.2 Å². The second-order valence-electron chi connectivity index (χ2n) is 6.76. The summed E-state index contributed by atoms with van der Waals surface area (Å²) in [5.41, 5.74) is 0. The average molecular weight is 403 g/mol. The Bertz CT molecular complexity index is 770. The summed E-state index contributed by atoms with van der Waals surface area (Å²) in [5.74, 6) is -1.54. The number of aliphatic carboxylic acids is 1. The Balaban J connectivity index is 1.89. The minimum Gasteiger partial charge on any atom is -0.481 e. The number of halogens is 1. The number of carboxylic acid groups (broad SMARTS) is 1. The van der Waals surface area contributed by atoms with Crippen LogP contribution in [0.2, 0.25) is 0 Å². The van der Waals surface area contributed by atoms with Gasteiger partial charge in [-0.3, -0.25) is 4.79 Å². The van der Waals surface area contributed by atoms with Crippen molar-refractivity contribution in [2.45, 2.75) is 48.5 Å². The van der Waals surface area contributed by atoms with Crippen LogP contribution in [0.3, 0.4) is 0 Å². The van der Waals surface area contributed by atoms with E-state index < -0.39 is 46.2 Å². The summed E-state index contributed by atoms with van der Waals surface area (Å²) in [6.45, 7) is -0.202. The molecule has 3 rings (SSSR count). The first kappa shape index (κ1) is 20.2. The summed E-state index contributed by atoms with van der Waals surface area (Å²) in [6, 6.07) is 3.87. The lowest BCUT2D eigenvalue weighted by Gasteiger charge is -2.43. The lowest BCUT2D eigenvalue weighted by atomic mass is 9.96. The molecule has 0 unspecified atom stereocenters. The van der Waals surface area contributed by atoms with Gasteiger partial charge in [0, 0.05) is 6.54 Å². The number of carbonyl (C=O) groups is 1. The van der Waals surface area contributed by atoms with E-state index in [9.17, 15) is 22.7 Å². The van der Waals surface area contributed by atoms with Crippen LogP contribution in [-0.4, -0.2) is 73.0 Å². The van der Waals surface area contributed by atoms with E-state index in [4.69, 9.17) is 14.6 Å². The third-order valence-electron chi connectivity index (χ3n) is 4.76. The Morgan fingerprint density at radius 1 is 1.22 bits per heavy atom. The van der Waals surface area contributed by atoms with Crippen molar-refractivity contribution in [1.29, 1.82) is 0 Å². The molecule has 1 aromatic carbocycles. The maximum atomic E-state index is 13.2. The Kier molecular flexibility index (Phi) is 6.11. The van der Waals surface area contributed by atoms with Gasteiger partial charge in [0.15, 0.2) is 0 Å². The lowest BCUT2D eigenvalue weighted by Crippen LogP contribution is -2.57. The minimum atomic E-state index is -4.01. The van der Waals surface area contributed by atoms with Crippen molar-refractivity contribution in [2.75, 3.05) is 19.8 Å². The number of ether oxygens (including phenoxy) is 2. The van der Waals surface area contributed by atoms with E-state index in [1.165, 1.54) is 16.4 Å². The molecule has 2 fully saturated rings. The standard InChI is InChI=1S/C17H22FNO7S/c18-11-1-4-14(5-2-11)27(23,24)19-8-12(20)9-25-10-16-15(19)6-3-13(26-16)7-17(21)22/h1-2,4-5,12-13,15-16,20H,3,6-10H2,(H,21,22)/t12-,13+,15-,16+/m1/s1. The highest BCUT2D eigenvalue weighted by molar-refractivity contribution is 7.89. The third-order valence-corrected chi connectivity index (χ3v) is 6.66. The number of aliphatic hydroxyl groups is 1. The second kappa shape index (κ2) is 8.19. The van der Waals surface area contributed by atoms with Gasteiger partial charge in [-0.2, -0.15) is 4.31 Å². The van der Waals surface area contributed by atoms with Crippen molar-refractivity contribution in [3.05, 3.63) is 30.1 Å². The molecule has 8 nitrogen and oxygen atoms in total. The maximum absolute atomic E-state index is 13.2. The largest absolute Gasteiger partial charge is 0.481 e. The van der Waals surface area contributed by atoms with Gasteiger partial charge in [-0.05, 0) is 37.1 Å². The van der Waals surface area contributed by atoms with Crippen LogP contribution in [0.4, 0.5) is 4.39 Å². The number of nitrogens with zero attached hydrogens (tertiary/aromatic N) is 1. The summed E-state index contributed by atoms with van der Waals surface area (Å²) in [5, 5.41) is 19.1. The first-order valence-electron chi connectivity index (χ1n) is 8.68. The fourth-order valence-electron chi connectivity index (χ4n) is 3.51. The summed E-state index contributed by atoms with van der Waals surface area (Å²) in [6.07, 6.45) is -1.61. The zero-order valence-corrected chi connectivity index (χ0v) is 15.3. The molecule has 4 atom stereocenters. The molecular formula is C17H22FNO7S. The van der Waals surface area contributed by atoms with Gasteiger partial charge in [0.05, 0.1) is 48.9 Å². The molecule has 2 aliphatic heterocycles. The van der Waals surface area contributed by atoms with Crippen LogP contribution in [0.1, 0.15) is 19.3 Å². The molecule has 1 aromatic rings. The number of rotatable bonds is 4. The van der Waals surface area contributed by atoms with E-state index in [2.05, 4.69) is 0 Å². The maximum Gasteiger partial charge on any atom is 0.305 e. The van der Waals surface area contributed by atoms with Gasteiger partial charge >= 0.3 is 5.97 Å². The van der Waals surface area contributed by atoms with E-state index in [-0.39, 0.29) is 31.1 Å². The van der Waals surface area contributed by atoms with E-state index in [1.54, 1.807) is 0 Å². The molecule has 27 heavy (non-hydrogen) atoms. The predicted octanol–water partition coefficient (Wildman–Crippen LogP) is 0.598. The van der Waals surface area contributed by atoms with E-state index in [1.807, 2.05) is 0 Å². The van der Waals surface area contributed by atoms with Crippen molar-refractivity contribution in [3.8, 4) is 0 Å². The summed E-state index contributed by atoms with van der Waals surface area (Å²) < 4.78 is 51.8. The Hall–Kier alpha value is -1.59. The van der Waals surface area contributed by atoms with Crippen LogP contribution in [-0.2, 0) is 24.3 Å². The average Bonchev–Trinajstić information content (AvgIpc) is 2.58. The first-order valence-corrected chi connectivity index (χ1v) is 10.1. The Morgan fingerprint density at radius 2 is 1.93 bits per heavy atom. The SMILES string of the molecule is O=C(O)C[C@@H]1CC[C@@H]2[C@H](COC[C@H](O)CN2S(=O)(=O)c2ccc(F)cc2)O1. The van der Waals surface area contributed by atoms with E-state index in [0.717, 1.165) is 12.1 Å². The van der Waals surface area contributed by atoms with Gasteiger partial charge in [0.1, 0.15) is 5.82 Å². The van der Waals surface area contributed by atoms with Crippen LogP contribution < -0.4 is 0 Å². The number of sulfonamides is 1. The van der Waals surface area contributed by atoms with Crippen molar-refractivity contribution in [2.24, 2.45) is 0 Å². The molecule has 0 amide bonds. The van der Waals surface area contributed by atoms with Crippen molar-refractivity contribution in [1.82, 2.24) is 4.31 Å². The minimum absolute atomic E-state index is 0.0489. The third kappa shape index (κ3) is 4.64. The number of hydrogen-bond acceptors (Lipinski definition) is 6. The molecule has 2 N–H and O–H groups in total. The van der Waals surface area contributed by atoms with Gasteiger partial charge in [0.2, 0.25) is 10.0 Å². The lowest BCUT2D eigenvalue weighted by molar-refractivity contribution is -0.155. The van der Waals surface area contributed by atoms with Crippen molar-refractivity contribution < 1.29 is 37.3 Å². The smallest absolute Gasteiger partial charge is 0.305 e. The van der Waals surface area contributed by atoms with Gasteiger partial charge < -0.3 is 19.7 Å². The van der Waals surface area contributed by atoms with Crippen LogP contribution >= 0.6 is 0 Å². The molecule has 0 aromatic heterocycles. The highest BCUT2D eigenvalue weighted by Gasteiger charge is 2.43. The van der Waals surface area contributed by atoms with Gasteiger partial charge in [-0.1, -0.05) is 0 Å². The monoisotopic (exact) mass is 403 g/mol. The molecule has 0 radical (unpaired) electrons. The second-order valence-corrected chi connectivity index (χ2v) is 8.65. The zero-order chi connectivity index (χ0) is 19.6. The fourth-order valence-corrected chi connectivity index (χ4v) is 5.22. The number of aliphatic hydroxyl groups excluding tert-OH is 1. The van der Waals surface area contributed by atoms with E-state index >= 15 is 0 Å². The van der Waals surface area contributed by atoms with Crippen LogP contribution in [0, 0.1) is 5.82 Å². The van der Waals surface area contributed by atoms with Gasteiger partial charge in [0.25, 0.3) is 0 Å². The molecule has 10 heteroatoms. The van der Waals surface area contributed by atoms with Gasteiger partial charge in [-0.25, -0.2) is 12.8 Å². The molecule has 2 aliphatic rings. The summed E-state index contributed by atoms with van der Waals surface area (Å²) in [4.78, 5) is 10.9. The molecule has 0 spiro atoms. The zero-order valence-electron chi connectivity index (χ0n) is 14.5. The summed E-state index contributed by atoms with van der Waals surface area (Å²) in [7, 11) is -4.01. The number of β-amino-alcohol motifs (C(OH)–C–C–N with tert-alkyl or cyclic N) is 1. The molecule has 150 valence electrons. The number of benzene rings is 1. The molecule has 0 aliphatic carbocycles. The predicted molar refractivity (Wildman–Crippen MR) is 91.1 cm³/mol. The number of carboxylic acids is 1. The Morgan fingerprint density at radius 3 is 2.59 bits per heavy atom. The topological polar surface area (TPSA) is 113 Å². The molecule has 2 heterocycles. The quantitative estimate of drug-likeness (QED) is 0.757. The van der Waals surface area contributed by atoms with Crippen LogP contribution in [0.25, 0.3) is 0 Å². The fraction of sp³-hybridized carbons (Fsp3) is 0.588. The normalized spacial score (nSPS) is 30.1. The number of hydrogen-bond donors (Lipinski definition) is 2. The highest BCUT2D eigenvalue weighted by atomic mass is 32.2. The van der Waals surface area contributed by atoms with E-state index in [0.29, 0.717) is 12.8 Å². The molecular weight excluding hydrogens is 381 g/mol. The summed E-state index contributed by atoms with van der Waals surface area (Å²) >= 11 is 0. The highest BCUT2D eigenvalue weighted by Crippen LogP contribution is 2.31. The Labute approximate surface area is 156 Å². The molecule has 0 saturated carbocycles. The van der Waals surface area contributed by atoms with Crippen molar-refractivity contribution in [3.63, 3.8) is 0 Å². The van der Waals surface area contributed by atoms with Crippen molar-refractivity contribution >= 4 is 16.0 Å². The molecule has 0 bridgehead atoms. The molecule has 2 saturated heterocycles. The first-order chi connectivity index (χ1) is 12.8. The number of fused-ring (bicyclic) bond motifs is 1.